The quantitative estimate of drug-likeness (QED) is 0.578. The van der Waals surface area contributed by atoms with E-state index in [1.165, 1.54) is 0 Å². The molecule has 0 aromatic carbocycles. The number of unbranched alkanes of at least 4 members (excludes halogenated alkanes) is 1. The summed E-state index contributed by atoms with van der Waals surface area (Å²) in [6.45, 7) is 7.03. The molecule has 0 aliphatic carbocycles. The zero-order valence-corrected chi connectivity index (χ0v) is 11.3. The highest BCUT2D eigenvalue weighted by atomic mass is 19.1. The predicted molar refractivity (Wildman–Crippen MR) is 71.8 cm³/mol. The van der Waals surface area contributed by atoms with E-state index in [2.05, 4.69) is 36.2 Å². The molecule has 102 valence electrons. The number of rotatable bonds is 7. The van der Waals surface area contributed by atoms with Gasteiger partial charge in [0, 0.05) is 12.6 Å². The van der Waals surface area contributed by atoms with Crippen molar-refractivity contribution in [2.75, 3.05) is 16.9 Å². The van der Waals surface area contributed by atoms with Gasteiger partial charge in [-0.1, -0.05) is 20.3 Å². The molecule has 0 spiro atoms. The molecule has 1 atom stereocenters. The summed E-state index contributed by atoms with van der Waals surface area (Å²) in [7, 11) is 0. The van der Waals surface area contributed by atoms with Gasteiger partial charge < -0.3 is 4.90 Å². The lowest BCUT2D eigenvalue weighted by Gasteiger charge is -2.30. The summed E-state index contributed by atoms with van der Waals surface area (Å²) in [5, 5.41) is 0. The molecule has 0 saturated heterocycles. The predicted octanol–water partition coefficient (Wildman–Crippen LogP) is 2.31. The first-order valence-electron chi connectivity index (χ1n) is 6.39. The van der Waals surface area contributed by atoms with E-state index in [1.54, 1.807) is 0 Å². The number of nitrogen functional groups attached to an aromatic ring is 1. The Morgan fingerprint density at radius 2 is 2.22 bits per heavy atom. The van der Waals surface area contributed by atoms with E-state index in [-0.39, 0.29) is 12.0 Å². The van der Waals surface area contributed by atoms with Crippen LogP contribution in [0, 0.1) is 5.82 Å². The molecule has 6 heteroatoms. The van der Waals surface area contributed by atoms with Gasteiger partial charge >= 0.3 is 0 Å². The highest BCUT2D eigenvalue weighted by Gasteiger charge is 2.18. The van der Waals surface area contributed by atoms with E-state index >= 15 is 0 Å². The van der Waals surface area contributed by atoms with Crippen molar-refractivity contribution in [3.05, 3.63) is 12.0 Å². The Bertz CT molecular complexity index is 371. The van der Waals surface area contributed by atoms with Gasteiger partial charge in [0.15, 0.2) is 11.6 Å². The monoisotopic (exact) mass is 255 g/mol. The van der Waals surface area contributed by atoms with Crippen molar-refractivity contribution < 1.29 is 4.39 Å². The van der Waals surface area contributed by atoms with Crippen LogP contribution in [0.15, 0.2) is 6.20 Å². The van der Waals surface area contributed by atoms with E-state index in [9.17, 15) is 4.39 Å². The zero-order valence-electron chi connectivity index (χ0n) is 11.3. The topological polar surface area (TPSA) is 67.1 Å². The van der Waals surface area contributed by atoms with Crippen molar-refractivity contribution in [3.8, 4) is 0 Å². The highest BCUT2D eigenvalue weighted by molar-refractivity contribution is 5.44. The minimum absolute atomic E-state index is 0.228. The number of aromatic nitrogens is 2. The molecule has 1 aromatic heterocycles. The summed E-state index contributed by atoms with van der Waals surface area (Å²) in [5.41, 5.74) is 2.35. The zero-order chi connectivity index (χ0) is 13.5. The van der Waals surface area contributed by atoms with Crippen molar-refractivity contribution in [2.45, 2.75) is 46.1 Å². The van der Waals surface area contributed by atoms with Crippen LogP contribution in [0.4, 0.5) is 16.2 Å². The molecule has 0 saturated carbocycles. The molecule has 1 heterocycles. The lowest BCUT2D eigenvalue weighted by Crippen LogP contribution is -2.35. The van der Waals surface area contributed by atoms with Gasteiger partial charge in [-0.05, 0) is 19.8 Å². The van der Waals surface area contributed by atoms with Crippen molar-refractivity contribution in [2.24, 2.45) is 5.84 Å². The average molecular weight is 255 g/mol. The fraction of sp³-hybridized carbons (Fsp3) is 0.667. The fourth-order valence-corrected chi connectivity index (χ4v) is 1.71. The molecule has 18 heavy (non-hydrogen) atoms. The first-order valence-corrected chi connectivity index (χ1v) is 6.39. The third kappa shape index (κ3) is 3.53. The Morgan fingerprint density at radius 1 is 1.50 bits per heavy atom. The van der Waals surface area contributed by atoms with Crippen molar-refractivity contribution in [1.82, 2.24) is 9.97 Å². The maximum atomic E-state index is 13.8. The van der Waals surface area contributed by atoms with E-state index in [1.807, 2.05) is 4.90 Å². The molecule has 1 unspecified atom stereocenters. The average Bonchev–Trinajstić information content (AvgIpc) is 2.40. The molecule has 3 N–H and O–H groups in total. The maximum Gasteiger partial charge on any atom is 0.239 e. The summed E-state index contributed by atoms with van der Waals surface area (Å²) in [6, 6.07) is 0.228. The maximum absolute atomic E-state index is 13.8. The van der Waals surface area contributed by atoms with Crippen LogP contribution in [0.3, 0.4) is 0 Å². The van der Waals surface area contributed by atoms with E-state index in [4.69, 9.17) is 5.84 Å². The standard InChI is InChI=1S/C12H22FN5/c1-4-6-7-18(9(3)5-2)11-10(13)8-15-12(16-11)17-14/h8-9H,4-7,14H2,1-3H3,(H,15,16,17). The summed E-state index contributed by atoms with van der Waals surface area (Å²) in [5.74, 6) is 5.40. The molecular formula is C12H22FN5. The van der Waals surface area contributed by atoms with Gasteiger partial charge in [0.05, 0.1) is 6.20 Å². The van der Waals surface area contributed by atoms with Crippen LogP contribution in [0.2, 0.25) is 0 Å². The van der Waals surface area contributed by atoms with Gasteiger partial charge in [-0.25, -0.2) is 15.2 Å². The Hall–Kier alpha value is -1.43. The number of anilines is 2. The minimum atomic E-state index is -0.412. The van der Waals surface area contributed by atoms with Gasteiger partial charge in [-0.15, -0.1) is 0 Å². The van der Waals surface area contributed by atoms with E-state index in [0.29, 0.717) is 5.82 Å². The van der Waals surface area contributed by atoms with Gasteiger partial charge in [-0.3, -0.25) is 5.43 Å². The van der Waals surface area contributed by atoms with Crippen LogP contribution in [0.5, 0.6) is 0 Å². The second kappa shape index (κ2) is 7.10. The fourth-order valence-electron chi connectivity index (χ4n) is 1.71. The number of hydrazine groups is 1. The normalized spacial score (nSPS) is 12.3. The first kappa shape index (κ1) is 14.6. The molecule has 0 radical (unpaired) electrons. The van der Waals surface area contributed by atoms with Crippen molar-refractivity contribution in [3.63, 3.8) is 0 Å². The molecule has 0 amide bonds. The molecule has 1 aromatic rings. The Kier molecular flexibility index (Phi) is 5.77. The molecule has 1 rings (SSSR count). The second-order valence-electron chi connectivity index (χ2n) is 4.31. The van der Waals surface area contributed by atoms with Gasteiger partial charge in [0.2, 0.25) is 5.95 Å². The lowest BCUT2D eigenvalue weighted by molar-refractivity contribution is 0.552. The summed E-state index contributed by atoms with van der Waals surface area (Å²) in [6.07, 6.45) is 4.14. The number of hydrogen-bond donors (Lipinski definition) is 2. The van der Waals surface area contributed by atoms with Gasteiger partial charge in [0.1, 0.15) is 0 Å². The summed E-state index contributed by atoms with van der Waals surface area (Å²) >= 11 is 0. The van der Waals surface area contributed by atoms with Crippen LogP contribution >= 0.6 is 0 Å². The Balaban J connectivity index is 3.02. The van der Waals surface area contributed by atoms with Crippen LogP contribution in [-0.4, -0.2) is 22.6 Å². The van der Waals surface area contributed by atoms with Crippen molar-refractivity contribution >= 4 is 11.8 Å². The number of halogens is 1. The third-order valence-electron chi connectivity index (χ3n) is 3.00. The Labute approximate surface area is 108 Å². The lowest BCUT2D eigenvalue weighted by atomic mass is 10.2. The van der Waals surface area contributed by atoms with E-state index in [0.717, 1.165) is 32.0 Å². The molecule has 0 bridgehead atoms. The summed E-state index contributed by atoms with van der Waals surface area (Å²) < 4.78 is 13.8. The largest absolute Gasteiger partial charge is 0.351 e. The number of nitrogens with one attached hydrogen (secondary N) is 1. The molecule has 0 fully saturated rings. The molecule has 0 aliphatic heterocycles. The smallest absolute Gasteiger partial charge is 0.239 e. The second-order valence-corrected chi connectivity index (χ2v) is 4.31. The third-order valence-corrected chi connectivity index (χ3v) is 3.00. The highest BCUT2D eigenvalue weighted by Crippen LogP contribution is 2.21. The molecule has 0 aliphatic rings. The van der Waals surface area contributed by atoms with Crippen molar-refractivity contribution in [1.29, 1.82) is 0 Å². The minimum Gasteiger partial charge on any atom is -0.351 e. The van der Waals surface area contributed by atoms with Gasteiger partial charge in [0.25, 0.3) is 0 Å². The number of nitrogens with two attached hydrogens (primary N) is 1. The molecule has 5 nitrogen and oxygen atoms in total. The summed E-state index contributed by atoms with van der Waals surface area (Å²) in [4.78, 5) is 9.85. The number of nitrogens with zero attached hydrogens (tertiary/aromatic N) is 3. The van der Waals surface area contributed by atoms with E-state index < -0.39 is 5.82 Å². The number of hydrogen-bond acceptors (Lipinski definition) is 5. The molecular weight excluding hydrogens is 233 g/mol. The van der Waals surface area contributed by atoms with Gasteiger partial charge in [-0.2, -0.15) is 4.98 Å². The Morgan fingerprint density at radius 3 is 2.78 bits per heavy atom. The van der Waals surface area contributed by atoms with Crippen LogP contribution in [0.1, 0.15) is 40.0 Å². The van der Waals surface area contributed by atoms with Crippen LogP contribution in [0.25, 0.3) is 0 Å². The van der Waals surface area contributed by atoms with Crippen LogP contribution < -0.4 is 16.2 Å². The van der Waals surface area contributed by atoms with Crippen LogP contribution in [-0.2, 0) is 0 Å². The SMILES string of the molecule is CCCCN(c1nc(NN)ncc1F)C(C)CC. The first-order chi connectivity index (χ1) is 8.63.